The number of benzene rings is 2. The Bertz CT molecular complexity index is 750. The monoisotopic (exact) mass is 326 g/mol. The number of non-ortho nitro benzene ring substituents is 1. The van der Waals surface area contributed by atoms with E-state index in [2.05, 4.69) is 5.32 Å². The van der Waals surface area contributed by atoms with Crippen LogP contribution in [0.4, 0.5) is 11.4 Å². The molecule has 0 amide bonds. The molecule has 0 aliphatic rings. The summed E-state index contributed by atoms with van der Waals surface area (Å²) in [6, 6.07) is 12.9. The Kier molecular flexibility index (Phi) is 5.68. The molecule has 0 spiro atoms. The van der Waals surface area contributed by atoms with Gasteiger partial charge in [0.2, 0.25) is 0 Å². The fourth-order valence-corrected chi connectivity index (χ4v) is 2.08. The van der Waals surface area contributed by atoms with Gasteiger partial charge in [-0.1, -0.05) is 6.92 Å². The van der Waals surface area contributed by atoms with Crippen molar-refractivity contribution in [1.82, 2.24) is 0 Å². The molecule has 2 aromatic rings. The van der Waals surface area contributed by atoms with E-state index in [-0.39, 0.29) is 11.5 Å². The fourth-order valence-electron chi connectivity index (χ4n) is 2.08. The molecule has 24 heavy (non-hydrogen) atoms. The SMILES string of the molecule is CCC(=CC(=O)c1ccc(OC)cc1)Nc1ccc([N+](=O)[O-])cc1. The van der Waals surface area contributed by atoms with Gasteiger partial charge in [-0.2, -0.15) is 0 Å². The van der Waals surface area contributed by atoms with Crippen molar-refractivity contribution in [2.45, 2.75) is 13.3 Å². The van der Waals surface area contributed by atoms with Crippen molar-refractivity contribution in [3.8, 4) is 5.75 Å². The fraction of sp³-hybridized carbons (Fsp3) is 0.167. The van der Waals surface area contributed by atoms with E-state index in [1.54, 1.807) is 43.5 Å². The zero-order chi connectivity index (χ0) is 17.5. The first kappa shape index (κ1) is 17.2. The lowest BCUT2D eigenvalue weighted by Gasteiger charge is -2.09. The van der Waals surface area contributed by atoms with Crippen LogP contribution in [0.15, 0.2) is 60.3 Å². The van der Waals surface area contributed by atoms with Crippen molar-refractivity contribution in [2.24, 2.45) is 0 Å². The van der Waals surface area contributed by atoms with E-state index in [4.69, 9.17) is 4.74 Å². The Hall–Kier alpha value is -3.15. The van der Waals surface area contributed by atoms with Crippen LogP contribution in [0.2, 0.25) is 0 Å². The Morgan fingerprint density at radius 2 is 1.79 bits per heavy atom. The second kappa shape index (κ2) is 7.92. The lowest BCUT2D eigenvalue weighted by atomic mass is 10.1. The normalized spacial score (nSPS) is 11.0. The van der Waals surface area contributed by atoms with Crippen molar-refractivity contribution in [2.75, 3.05) is 12.4 Å². The molecule has 6 nitrogen and oxygen atoms in total. The number of anilines is 1. The van der Waals surface area contributed by atoms with Crippen LogP contribution in [0.25, 0.3) is 0 Å². The van der Waals surface area contributed by atoms with E-state index in [1.807, 2.05) is 6.92 Å². The molecule has 2 rings (SSSR count). The number of nitro groups is 1. The van der Waals surface area contributed by atoms with Crippen LogP contribution in [0.3, 0.4) is 0 Å². The third-order valence-electron chi connectivity index (χ3n) is 3.44. The molecule has 0 saturated carbocycles. The van der Waals surface area contributed by atoms with Gasteiger partial charge in [0.15, 0.2) is 5.78 Å². The molecule has 0 atom stereocenters. The van der Waals surface area contributed by atoms with Crippen LogP contribution >= 0.6 is 0 Å². The minimum absolute atomic E-state index is 0.0249. The number of methoxy groups -OCH3 is 1. The quantitative estimate of drug-likeness (QED) is 0.357. The number of nitrogens with one attached hydrogen (secondary N) is 1. The molecule has 0 aliphatic carbocycles. The molecule has 2 aromatic carbocycles. The summed E-state index contributed by atoms with van der Waals surface area (Å²) in [5.41, 5.74) is 2.00. The van der Waals surface area contributed by atoms with E-state index >= 15 is 0 Å². The molecule has 1 N–H and O–H groups in total. The van der Waals surface area contributed by atoms with Gasteiger partial charge >= 0.3 is 0 Å². The lowest BCUT2D eigenvalue weighted by molar-refractivity contribution is -0.384. The molecule has 0 aromatic heterocycles. The number of ether oxygens (including phenoxy) is 1. The first-order valence-corrected chi connectivity index (χ1v) is 7.44. The van der Waals surface area contributed by atoms with Gasteiger partial charge in [0.1, 0.15) is 5.75 Å². The Balaban J connectivity index is 2.12. The summed E-state index contributed by atoms with van der Waals surface area (Å²) in [5.74, 6) is 0.569. The van der Waals surface area contributed by atoms with Gasteiger partial charge in [-0.3, -0.25) is 14.9 Å². The highest BCUT2D eigenvalue weighted by Crippen LogP contribution is 2.18. The molecule has 0 saturated heterocycles. The summed E-state index contributed by atoms with van der Waals surface area (Å²) in [6.07, 6.45) is 2.15. The zero-order valence-electron chi connectivity index (χ0n) is 13.5. The topological polar surface area (TPSA) is 81.5 Å². The van der Waals surface area contributed by atoms with Gasteiger partial charge in [-0.05, 0) is 42.8 Å². The Labute approximate surface area is 139 Å². The van der Waals surface area contributed by atoms with Crippen molar-refractivity contribution >= 4 is 17.2 Å². The zero-order valence-corrected chi connectivity index (χ0v) is 13.5. The number of hydrogen-bond donors (Lipinski definition) is 1. The van der Waals surface area contributed by atoms with E-state index in [9.17, 15) is 14.9 Å². The number of nitrogens with zero attached hydrogens (tertiary/aromatic N) is 1. The van der Waals surface area contributed by atoms with Crippen LogP contribution in [-0.2, 0) is 0 Å². The van der Waals surface area contributed by atoms with Gasteiger partial charge in [0, 0.05) is 35.2 Å². The van der Waals surface area contributed by atoms with Crippen molar-refractivity contribution in [3.63, 3.8) is 0 Å². The lowest BCUT2D eigenvalue weighted by Crippen LogP contribution is -2.03. The van der Waals surface area contributed by atoms with Gasteiger partial charge in [-0.25, -0.2) is 0 Å². The van der Waals surface area contributed by atoms with Gasteiger partial charge in [-0.15, -0.1) is 0 Å². The summed E-state index contributed by atoms with van der Waals surface area (Å²) in [5, 5.41) is 13.8. The predicted molar refractivity (Wildman–Crippen MR) is 92.4 cm³/mol. The van der Waals surface area contributed by atoms with Crippen molar-refractivity contribution in [1.29, 1.82) is 0 Å². The van der Waals surface area contributed by atoms with Crippen LogP contribution in [0.5, 0.6) is 5.75 Å². The largest absolute Gasteiger partial charge is 0.497 e. The minimum Gasteiger partial charge on any atom is -0.497 e. The van der Waals surface area contributed by atoms with Crippen LogP contribution < -0.4 is 10.1 Å². The predicted octanol–water partition coefficient (Wildman–Crippen LogP) is 4.19. The Morgan fingerprint density at radius 3 is 2.29 bits per heavy atom. The van der Waals surface area contributed by atoms with Crippen molar-refractivity contribution in [3.05, 3.63) is 76.0 Å². The number of carbonyl (C=O) groups excluding carboxylic acids is 1. The maximum Gasteiger partial charge on any atom is 0.269 e. The molecular weight excluding hydrogens is 308 g/mol. The first-order valence-electron chi connectivity index (χ1n) is 7.44. The van der Waals surface area contributed by atoms with Gasteiger partial charge in [0.25, 0.3) is 5.69 Å². The van der Waals surface area contributed by atoms with Gasteiger partial charge in [0.05, 0.1) is 12.0 Å². The second-order valence-corrected chi connectivity index (χ2v) is 5.04. The maximum absolute atomic E-state index is 12.3. The summed E-state index contributed by atoms with van der Waals surface area (Å²) in [4.78, 5) is 22.5. The van der Waals surface area contributed by atoms with Crippen molar-refractivity contribution < 1.29 is 14.5 Å². The Morgan fingerprint density at radius 1 is 1.17 bits per heavy atom. The summed E-state index contributed by atoms with van der Waals surface area (Å²) < 4.78 is 5.07. The number of allylic oxidation sites excluding steroid dienone is 2. The number of rotatable bonds is 7. The summed E-state index contributed by atoms with van der Waals surface area (Å²) >= 11 is 0. The summed E-state index contributed by atoms with van der Waals surface area (Å²) in [6.45, 7) is 1.92. The molecule has 0 fully saturated rings. The number of hydrogen-bond acceptors (Lipinski definition) is 5. The van der Waals surface area contributed by atoms with E-state index in [1.165, 1.54) is 18.2 Å². The highest BCUT2D eigenvalue weighted by atomic mass is 16.6. The average Bonchev–Trinajstić information content (AvgIpc) is 2.61. The third kappa shape index (κ3) is 4.42. The minimum atomic E-state index is -0.451. The third-order valence-corrected chi connectivity index (χ3v) is 3.44. The summed E-state index contributed by atoms with van der Waals surface area (Å²) in [7, 11) is 1.57. The van der Waals surface area contributed by atoms with Crippen LogP contribution in [0, 0.1) is 10.1 Å². The average molecular weight is 326 g/mol. The molecule has 0 aliphatic heterocycles. The van der Waals surface area contributed by atoms with Crippen LogP contribution in [0.1, 0.15) is 23.7 Å². The first-order chi connectivity index (χ1) is 11.5. The number of carbonyl (C=O) groups is 1. The molecule has 0 unspecified atom stereocenters. The number of ketones is 1. The molecule has 124 valence electrons. The highest BCUT2D eigenvalue weighted by Gasteiger charge is 2.07. The maximum atomic E-state index is 12.3. The molecular formula is C18H18N2O4. The van der Waals surface area contributed by atoms with E-state index in [0.717, 1.165) is 5.70 Å². The van der Waals surface area contributed by atoms with E-state index in [0.29, 0.717) is 23.4 Å². The second-order valence-electron chi connectivity index (χ2n) is 5.04. The standard InChI is InChI=1S/C18H18N2O4/c1-3-14(19-15-6-8-16(9-7-15)20(22)23)12-18(21)13-4-10-17(24-2)11-5-13/h4-12,19H,3H2,1-2H3. The van der Waals surface area contributed by atoms with Gasteiger partial charge < -0.3 is 10.1 Å². The van der Waals surface area contributed by atoms with Crippen LogP contribution in [-0.4, -0.2) is 17.8 Å². The van der Waals surface area contributed by atoms with E-state index < -0.39 is 4.92 Å². The number of nitro benzene ring substituents is 1. The molecule has 0 heterocycles. The molecule has 6 heteroatoms. The highest BCUT2D eigenvalue weighted by molar-refractivity contribution is 6.05. The molecule has 0 bridgehead atoms. The smallest absolute Gasteiger partial charge is 0.269 e. The molecule has 0 radical (unpaired) electrons.